The second-order valence-electron chi connectivity index (χ2n) is 7.74. The van der Waals surface area contributed by atoms with Crippen molar-refractivity contribution in [1.82, 2.24) is 9.88 Å². The first-order chi connectivity index (χ1) is 15.9. The summed E-state index contributed by atoms with van der Waals surface area (Å²) in [5, 5.41) is 2.57. The predicted molar refractivity (Wildman–Crippen MR) is 120 cm³/mol. The molecule has 1 aromatic carbocycles. The van der Waals surface area contributed by atoms with Gasteiger partial charge in [0.15, 0.2) is 0 Å². The predicted octanol–water partition coefficient (Wildman–Crippen LogP) is 6.01. The van der Waals surface area contributed by atoms with Crippen molar-refractivity contribution in [3.8, 4) is 0 Å². The van der Waals surface area contributed by atoms with Gasteiger partial charge < -0.3 is 5.32 Å². The van der Waals surface area contributed by atoms with Gasteiger partial charge in [-0.1, -0.05) is 26.1 Å². The van der Waals surface area contributed by atoms with Crippen LogP contribution in [-0.2, 0) is 17.1 Å². The van der Waals surface area contributed by atoms with Gasteiger partial charge in [-0.05, 0) is 50.2 Å². The van der Waals surface area contributed by atoms with Crippen molar-refractivity contribution < 1.29 is 31.1 Å². The number of carbonyl (C=O) groups excluding carboxylic acids is 1. The van der Waals surface area contributed by atoms with Gasteiger partial charge in [0.25, 0.3) is 0 Å². The number of thiocarbonyl (C=S) groups is 1. The third kappa shape index (κ3) is 5.33. The molecule has 0 fully saturated rings. The summed E-state index contributed by atoms with van der Waals surface area (Å²) < 4.78 is 81.7. The SMILES string of the molecule is CCCN(CCC)CC(=O)N1c2cc(C(F)(F)F)c(C(F)(F)F)cc2NC(=S)c2cccnc21. The monoisotopic (exact) mass is 504 g/mol. The number of nitrogens with zero attached hydrogens (tertiary/aromatic N) is 3. The molecule has 0 radical (unpaired) electrons. The van der Waals surface area contributed by atoms with E-state index in [1.807, 2.05) is 18.7 Å². The van der Waals surface area contributed by atoms with Gasteiger partial charge in [0.05, 0.1) is 34.6 Å². The van der Waals surface area contributed by atoms with Crippen molar-refractivity contribution in [1.29, 1.82) is 0 Å². The van der Waals surface area contributed by atoms with Gasteiger partial charge in [-0.2, -0.15) is 26.3 Å². The highest BCUT2D eigenvalue weighted by molar-refractivity contribution is 7.81. The lowest BCUT2D eigenvalue weighted by Crippen LogP contribution is -2.39. The highest BCUT2D eigenvalue weighted by atomic mass is 32.1. The maximum Gasteiger partial charge on any atom is 0.417 e. The number of rotatable bonds is 6. The number of anilines is 3. The summed E-state index contributed by atoms with van der Waals surface area (Å²) in [7, 11) is 0. The fourth-order valence-corrected chi connectivity index (χ4v) is 4.08. The number of hydrogen-bond donors (Lipinski definition) is 1. The van der Waals surface area contributed by atoms with Crippen molar-refractivity contribution in [2.75, 3.05) is 29.9 Å². The highest BCUT2D eigenvalue weighted by Gasteiger charge is 2.45. The Morgan fingerprint density at radius 2 is 1.65 bits per heavy atom. The van der Waals surface area contributed by atoms with Gasteiger partial charge in [0.2, 0.25) is 5.91 Å². The summed E-state index contributed by atoms with van der Waals surface area (Å²) in [5.41, 5.74) is -4.34. The van der Waals surface area contributed by atoms with Crippen LogP contribution in [0.5, 0.6) is 0 Å². The second-order valence-corrected chi connectivity index (χ2v) is 8.15. The summed E-state index contributed by atoms with van der Waals surface area (Å²) in [6.07, 6.45) is -7.80. The largest absolute Gasteiger partial charge is 0.417 e. The quantitative estimate of drug-likeness (QED) is 0.386. The fraction of sp³-hybridized carbons (Fsp3) is 0.409. The Morgan fingerprint density at radius 3 is 2.21 bits per heavy atom. The van der Waals surface area contributed by atoms with Gasteiger partial charge >= 0.3 is 12.4 Å². The van der Waals surface area contributed by atoms with Gasteiger partial charge in [-0.15, -0.1) is 0 Å². The highest BCUT2D eigenvalue weighted by Crippen LogP contribution is 2.47. The lowest BCUT2D eigenvalue weighted by molar-refractivity contribution is -0.162. The van der Waals surface area contributed by atoms with E-state index in [1.165, 1.54) is 18.3 Å². The molecule has 1 aliphatic rings. The lowest BCUT2D eigenvalue weighted by atomic mass is 10.0. The molecular weight excluding hydrogens is 482 g/mol. The normalized spacial score (nSPS) is 13.9. The van der Waals surface area contributed by atoms with E-state index in [2.05, 4.69) is 10.3 Å². The Hall–Kier alpha value is -2.73. The molecule has 12 heteroatoms. The minimum atomic E-state index is -5.31. The van der Waals surface area contributed by atoms with Crippen LogP contribution in [0.3, 0.4) is 0 Å². The zero-order valence-corrected chi connectivity index (χ0v) is 19.2. The molecular formula is C22H22F6N4OS. The first kappa shape index (κ1) is 25.9. The molecule has 2 aromatic rings. The molecule has 0 saturated carbocycles. The molecule has 0 unspecified atom stereocenters. The molecule has 5 nitrogen and oxygen atoms in total. The summed E-state index contributed by atoms with van der Waals surface area (Å²) in [6.45, 7) is 4.80. The van der Waals surface area contributed by atoms with Crippen LogP contribution in [0.25, 0.3) is 0 Å². The summed E-state index contributed by atoms with van der Waals surface area (Å²) in [5.74, 6) is -0.688. The van der Waals surface area contributed by atoms with Gasteiger partial charge in [0.1, 0.15) is 10.8 Å². The molecule has 1 aliphatic heterocycles. The van der Waals surface area contributed by atoms with Crippen LogP contribution < -0.4 is 10.2 Å². The number of halogens is 6. The number of benzene rings is 1. The summed E-state index contributed by atoms with van der Waals surface area (Å²) >= 11 is 5.27. The van der Waals surface area contributed by atoms with E-state index in [4.69, 9.17) is 12.2 Å². The molecule has 1 N–H and O–H groups in total. The Labute approximate surface area is 197 Å². The standard InChI is InChI=1S/C22H22F6N4OS/c1-3-8-31(9-4-2)12-18(33)32-17-11-15(22(26,27)28)14(21(23,24)25)10-16(17)30-20(34)13-6-5-7-29-19(13)32/h5-7,10-11H,3-4,8-9,12H2,1-2H3,(H,30,34). The van der Waals surface area contributed by atoms with Crippen LogP contribution in [-0.4, -0.2) is 40.4 Å². The molecule has 2 heterocycles. The maximum atomic E-state index is 13.7. The van der Waals surface area contributed by atoms with E-state index >= 15 is 0 Å². The van der Waals surface area contributed by atoms with E-state index in [-0.39, 0.29) is 28.6 Å². The molecule has 1 aromatic heterocycles. The molecule has 34 heavy (non-hydrogen) atoms. The fourth-order valence-electron chi connectivity index (χ4n) is 3.82. The van der Waals surface area contributed by atoms with E-state index in [9.17, 15) is 31.1 Å². The average molecular weight is 505 g/mol. The zero-order valence-electron chi connectivity index (χ0n) is 18.3. The Kier molecular flexibility index (Phi) is 7.51. The number of aromatic nitrogens is 1. The number of hydrogen-bond acceptors (Lipinski definition) is 4. The van der Waals surface area contributed by atoms with Crippen LogP contribution in [0.15, 0.2) is 30.5 Å². The van der Waals surface area contributed by atoms with Crippen molar-refractivity contribution >= 4 is 40.3 Å². The minimum Gasteiger partial charge on any atom is -0.344 e. The van der Waals surface area contributed by atoms with Crippen molar-refractivity contribution in [2.24, 2.45) is 0 Å². The Balaban J connectivity index is 2.26. The maximum absolute atomic E-state index is 13.7. The molecule has 0 saturated heterocycles. The second kappa shape index (κ2) is 9.87. The minimum absolute atomic E-state index is 0.0513. The van der Waals surface area contributed by atoms with Crippen LogP contribution in [0.4, 0.5) is 43.5 Å². The number of pyridine rings is 1. The molecule has 3 rings (SSSR count). The first-order valence-corrected chi connectivity index (χ1v) is 10.9. The van der Waals surface area contributed by atoms with Crippen LogP contribution in [0.2, 0.25) is 0 Å². The smallest absolute Gasteiger partial charge is 0.344 e. The number of fused-ring (bicyclic) bond motifs is 2. The van der Waals surface area contributed by atoms with Crippen molar-refractivity contribution in [3.63, 3.8) is 0 Å². The number of amides is 1. The Morgan fingerprint density at radius 1 is 1.06 bits per heavy atom. The zero-order chi connectivity index (χ0) is 25.3. The number of carbonyl (C=O) groups is 1. The van der Waals surface area contributed by atoms with Gasteiger partial charge in [-0.25, -0.2) is 4.98 Å². The first-order valence-electron chi connectivity index (χ1n) is 10.5. The van der Waals surface area contributed by atoms with Crippen LogP contribution in [0.1, 0.15) is 43.4 Å². The number of alkyl halides is 6. The third-order valence-corrected chi connectivity index (χ3v) is 5.49. The summed E-state index contributed by atoms with van der Waals surface area (Å²) in [4.78, 5) is 20.3. The molecule has 0 aliphatic carbocycles. The average Bonchev–Trinajstić information content (AvgIpc) is 2.85. The molecule has 0 atom stereocenters. The molecule has 0 bridgehead atoms. The molecule has 184 valence electrons. The van der Waals surface area contributed by atoms with Crippen molar-refractivity contribution in [2.45, 2.75) is 39.0 Å². The lowest BCUT2D eigenvalue weighted by Gasteiger charge is -2.28. The van der Waals surface area contributed by atoms with Gasteiger partial charge in [-0.3, -0.25) is 14.6 Å². The topological polar surface area (TPSA) is 48.5 Å². The Bertz CT molecular complexity index is 1080. The van der Waals surface area contributed by atoms with E-state index in [0.717, 1.165) is 17.7 Å². The van der Waals surface area contributed by atoms with E-state index < -0.39 is 35.1 Å². The van der Waals surface area contributed by atoms with E-state index in [1.54, 1.807) is 0 Å². The number of nitrogens with one attached hydrogen (secondary N) is 1. The van der Waals surface area contributed by atoms with Crippen LogP contribution >= 0.6 is 12.2 Å². The molecule has 1 amide bonds. The van der Waals surface area contributed by atoms with E-state index in [0.29, 0.717) is 25.2 Å². The third-order valence-electron chi connectivity index (χ3n) is 5.17. The summed E-state index contributed by atoms with van der Waals surface area (Å²) in [6, 6.07) is 3.68. The van der Waals surface area contributed by atoms with Gasteiger partial charge in [0, 0.05) is 6.20 Å². The van der Waals surface area contributed by atoms with Crippen LogP contribution in [0, 0.1) is 0 Å². The molecule has 0 spiro atoms. The van der Waals surface area contributed by atoms with Crippen molar-refractivity contribution in [3.05, 3.63) is 47.2 Å².